The topological polar surface area (TPSA) is 71.4 Å². The van der Waals surface area contributed by atoms with Gasteiger partial charge in [0.25, 0.3) is 0 Å². The van der Waals surface area contributed by atoms with Crippen LogP contribution in [0.2, 0.25) is 5.02 Å². The van der Waals surface area contributed by atoms with E-state index in [1.54, 1.807) is 12.3 Å². The van der Waals surface area contributed by atoms with Crippen LogP contribution in [0.3, 0.4) is 0 Å². The van der Waals surface area contributed by atoms with Crippen LogP contribution in [0.25, 0.3) is 5.69 Å². The first-order valence-electron chi connectivity index (χ1n) is 12.3. The zero-order chi connectivity index (χ0) is 27.7. The third kappa shape index (κ3) is 5.45. The Morgan fingerprint density at radius 3 is 2.64 bits per heavy atom. The van der Waals surface area contributed by atoms with Crippen LogP contribution in [0.1, 0.15) is 34.7 Å². The minimum atomic E-state index is -0.279. The molecule has 2 N–H and O–H groups in total. The van der Waals surface area contributed by atoms with Crippen LogP contribution in [-0.2, 0) is 9.53 Å². The molecule has 2 atom stereocenters. The van der Waals surface area contributed by atoms with E-state index in [0.29, 0.717) is 15.8 Å². The first-order chi connectivity index (χ1) is 18.8. The standard InChI is InChI=1S/C29H27BrClN5O2S/c1-17-13-22(18(2)35(17)20-8-6-7-19(30)14-20)28-27(25-9-4-5-12-32-25)34-29(39)36(28)21-10-11-24(23(31)15-21)33-26(37)16-38-3/h4-15,27-28H,16H2,1-3H3,(H,33,37)(H,34,39)/t27-,28+/m0/s1. The lowest BCUT2D eigenvalue weighted by Crippen LogP contribution is -2.29. The summed E-state index contributed by atoms with van der Waals surface area (Å²) in [5, 5.41) is 7.25. The lowest BCUT2D eigenvalue weighted by atomic mass is 9.96. The molecule has 0 unspecified atom stereocenters. The van der Waals surface area contributed by atoms with Gasteiger partial charge in [0.15, 0.2) is 5.11 Å². The molecule has 0 bridgehead atoms. The Labute approximate surface area is 246 Å². The molecule has 39 heavy (non-hydrogen) atoms. The first-order valence-corrected chi connectivity index (χ1v) is 13.9. The zero-order valence-corrected chi connectivity index (χ0v) is 24.8. The molecule has 1 amide bonds. The van der Waals surface area contributed by atoms with Gasteiger partial charge in [0.05, 0.1) is 28.5 Å². The molecule has 2 aromatic carbocycles. The van der Waals surface area contributed by atoms with Crippen molar-refractivity contribution in [2.75, 3.05) is 23.9 Å². The van der Waals surface area contributed by atoms with Crippen LogP contribution in [-0.4, -0.2) is 34.3 Å². The fraction of sp³-hybridized carbons (Fsp3) is 0.207. The van der Waals surface area contributed by atoms with Gasteiger partial charge in [-0.1, -0.05) is 39.7 Å². The average molecular weight is 625 g/mol. The van der Waals surface area contributed by atoms with Crippen LogP contribution in [0.5, 0.6) is 0 Å². The lowest BCUT2D eigenvalue weighted by molar-refractivity contribution is -0.119. The summed E-state index contributed by atoms with van der Waals surface area (Å²) in [5.74, 6) is -0.279. The van der Waals surface area contributed by atoms with E-state index in [9.17, 15) is 4.79 Å². The number of ether oxygens (including phenoxy) is 1. The Bertz CT molecular complexity index is 1540. The predicted molar refractivity (Wildman–Crippen MR) is 163 cm³/mol. The highest BCUT2D eigenvalue weighted by molar-refractivity contribution is 9.10. The number of rotatable bonds is 7. The quantitative estimate of drug-likeness (QED) is 0.224. The second-order valence-corrected chi connectivity index (χ2v) is 11.0. The summed E-state index contributed by atoms with van der Waals surface area (Å²) in [7, 11) is 1.47. The van der Waals surface area contributed by atoms with Gasteiger partial charge in [0.1, 0.15) is 6.61 Å². The third-order valence-electron chi connectivity index (χ3n) is 6.73. The summed E-state index contributed by atoms with van der Waals surface area (Å²) in [6, 6.07) is 21.4. The molecule has 10 heteroatoms. The van der Waals surface area contributed by atoms with Crippen LogP contribution in [0, 0.1) is 13.8 Å². The van der Waals surface area contributed by atoms with E-state index in [-0.39, 0.29) is 24.6 Å². The molecule has 0 aliphatic carbocycles. The van der Waals surface area contributed by atoms with Crippen LogP contribution >= 0.6 is 39.7 Å². The number of hydrogen-bond donors (Lipinski definition) is 2. The van der Waals surface area contributed by atoms with E-state index >= 15 is 0 Å². The van der Waals surface area contributed by atoms with Crippen molar-refractivity contribution in [2.45, 2.75) is 25.9 Å². The minimum Gasteiger partial charge on any atom is -0.375 e. The molecule has 7 nitrogen and oxygen atoms in total. The maximum atomic E-state index is 12.1. The molecule has 4 aromatic rings. The predicted octanol–water partition coefficient (Wildman–Crippen LogP) is 6.67. The highest BCUT2D eigenvalue weighted by Crippen LogP contribution is 2.44. The maximum Gasteiger partial charge on any atom is 0.250 e. The van der Waals surface area contributed by atoms with Gasteiger partial charge >= 0.3 is 0 Å². The monoisotopic (exact) mass is 623 g/mol. The Hall–Kier alpha value is -3.24. The number of halogens is 2. The number of hydrogen-bond acceptors (Lipinski definition) is 4. The van der Waals surface area contributed by atoms with Gasteiger partial charge in [0.2, 0.25) is 5.91 Å². The fourth-order valence-corrected chi connectivity index (χ4v) is 6.08. The smallest absolute Gasteiger partial charge is 0.250 e. The van der Waals surface area contributed by atoms with Gasteiger partial charge < -0.3 is 24.8 Å². The summed E-state index contributed by atoms with van der Waals surface area (Å²) >= 11 is 16.1. The van der Waals surface area contributed by atoms with E-state index in [0.717, 1.165) is 38.5 Å². The molecule has 1 aliphatic rings. The van der Waals surface area contributed by atoms with Crippen molar-refractivity contribution in [3.05, 3.63) is 105 Å². The second-order valence-electron chi connectivity index (χ2n) is 9.28. The van der Waals surface area contributed by atoms with Gasteiger partial charge in [-0.05, 0) is 86.2 Å². The molecule has 1 aliphatic heterocycles. The number of amides is 1. The molecule has 2 aromatic heterocycles. The van der Waals surface area contributed by atoms with Crippen LogP contribution in [0.4, 0.5) is 11.4 Å². The number of methoxy groups -OCH3 is 1. The summed E-state index contributed by atoms with van der Waals surface area (Å²) < 4.78 is 8.17. The van der Waals surface area contributed by atoms with Gasteiger partial charge in [-0.25, -0.2) is 0 Å². The average Bonchev–Trinajstić information content (AvgIpc) is 3.40. The third-order valence-corrected chi connectivity index (χ3v) is 7.85. The number of pyridine rings is 1. The maximum absolute atomic E-state index is 12.1. The Morgan fingerprint density at radius 1 is 1.13 bits per heavy atom. The largest absolute Gasteiger partial charge is 0.375 e. The minimum absolute atomic E-state index is 0.0559. The molecular weight excluding hydrogens is 598 g/mol. The highest BCUT2D eigenvalue weighted by atomic mass is 79.9. The number of benzene rings is 2. The number of aromatic nitrogens is 2. The fourth-order valence-electron chi connectivity index (χ4n) is 5.12. The van der Waals surface area contributed by atoms with Gasteiger partial charge in [0, 0.05) is 40.5 Å². The number of carbonyl (C=O) groups is 1. The number of thiocarbonyl (C=S) groups is 1. The van der Waals surface area contributed by atoms with Crippen molar-refractivity contribution >= 4 is 62.1 Å². The molecule has 5 rings (SSSR count). The summed E-state index contributed by atoms with van der Waals surface area (Å²) in [5.41, 5.74) is 6.58. The van der Waals surface area contributed by atoms with E-state index in [4.69, 9.17) is 28.6 Å². The Kier molecular flexibility index (Phi) is 8.04. The summed E-state index contributed by atoms with van der Waals surface area (Å²) in [4.78, 5) is 18.8. The molecule has 200 valence electrons. The number of nitrogens with zero attached hydrogens (tertiary/aromatic N) is 3. The van der Waals surface area contributed by atoms with Crippen molar-refractivity contribution in [1.82, 2.24) is 14.9 Å². The SMILES string of the molecule is COCC(=O)Nc1ccc(N2C(=S)N[C@@H](c3ccccn3)[C@H]2c2cc(C)n(-c3cccc(Br)c3)c2C)cc1Cl. The van der Waals surface area contributed by atoms with Crippen molar-refractivity contribution < 1.29 is 9.53 Å². The number of anilines is 2. The lowest BCUT2D eigenvalue weighted by Gasteiger charge is -2.28. The molecule has 0 spiro atoms. The van der Waals surface area contributed by atoms with Crippen molar-refractivity contribution in [3.8, 4) is 5.69 Å². The number of nitrogens with one attached hydrogen (secondary N) is 2. The van der Waals surface area contributed by atoms with Gasteiger partial charge in [-0.15, -0.1) is 0 Å². The Morgan fingerprint density at radius 2 is 1.95 bits per heavy atom. The molecule has 1 fully saturated rings. The van der Waals surface area contributed by atoms with Crippen molar-refractivity contribution in [1.29, 1.82) is 0 Å². The van der Waals surface area contributed by atoms with Crippen molar-refractivity contribution in [2.24, 2.45) is 0 Å². The zero-order valence-electron chi connectivity index (χ0n) is 21.6. The number of carbonyl (C=O) groups excluding carboxylic acids is 1. The highest BCUT2D eigenvalue weighted by Gasteiger charge is 2.42. The molecule has 0 radical (unpaired) electrons. The van der Waals surface area contributed by atoms with Gasteiger partial charge in [-0.2, -0.15) is 0 Å². The Balaban J connectivity index is 1.61. The molecular formula is C29H27BrClN5O2S. The normalized spacial score (nSPS) is 16.8. The van der Waals surface area contributed by atoms with Gasteiger partial charge in [-0.3, -0.25) is 9.78 Å². The summed E-state index contributed by atoms with van der Waals surface area (Å²) in [6.45, 7) is 4.17. The first kappa shape index (κ1) is 27.3. The van der Waals surface area contributed by atoms with E-state index < -0.39 is 0 Å². The molecule has 3 heterocycles. The summed E-state index contributed by atoms with van der Waals surface area (Å²) in [6.07, 6.45) is 1.79. The van der Waals surface area contributed by atoms with E-state index in [1.165, 1.54) is 7.11 Å². The molecule has 1 saturated heterocycles. The van der Waals surface area contributed by atoms with Crippen LogP contribution < -0.4 is 15.5 Å². The van der Waals surface area contributed by atoms with E-state index in [1.807, 2.05) is 42.5 Å². The van der Waals surface area contributed by atoms with E-state index in [2.05, 4.69) is 73.1 Å². The van der Waals surface area contributed by atoms with Crippen LogP contribution in [0.15, 0.2) is 77.4 Å². The van der Waals surface area contributed by atoms with Crippen molar-refractivity contribution in [3.63, 3.8) is 0 Å². The number of aryl methyl sites for hydroxylation is 1. The molecule has 0 saturated carbocycles. The second kappa shape index (κ2) is 11.5.